The minimum Gasteiger partial charge on any atom is -0.349 e. The third-order valence-electron chi connectivity index (χ3n) is 2.72. The number of rotatable bonds is 4. The summed E-state index contributed by atoms with van der Waals surface area (Å²) in [5.41, 5.74) is 8.09. The molecule has 3 nitrogen and oxygen atoms in total. The number of carbonyl (C=O) groups is 1. The first-order valence-electron chi connectivity index (χ1n) is 5.51. The van der Waals surface area contributed by atoms with Crippen LogP contribution in [0.15, 0.2) is 24.3 Å². The molecular weight excluding hydrogens is 200 g/mol. The number of amides is 1. The summed E-state index contributed by atoms with van der Waals surface area (Å²) in [6.07, 6.45) is 0.479. The van der Waals surface area contributed by atoms with Crippen LogP contribution >= 0.6 is 0 Å². The van der Waals surface area contributed by atoms with Crippen LogP contribution in [0.5, 0.6) is 0 Å². The fraction of sp³-hybridized carbons (Fsp3) is 0.462. The molecule has 1 atom stereocenters. The van der Waals surface area contributed by atoms with Gasteiger partial charge in [0, 0.05) is 26.4 Å². The number of hydrogen-bond donors (Lipinski definition) is 1. The lowest BCUT2D eigenvalue weighted by Gasteiger charge is -2.18. The van der Waals surface area contributed by atoms with Crippen molar-refractivity contribution in [1.82, 2.24) is 4.90 Å². The van der Waals surface area contributed by atoms with Gasteiger partial charge in [0.25, 0.3) is 0 Å². The van der Waals surface area contributed by atoms with E-state index in [2.05, 4.69) is 6.07 Å². The van der Waals surface area contributed by atoms with Gasteiger partial charge in [-0.15, -0.1) is 0 Å². The van der Waals surface area contributed by atoms with Gasteiger partial charge in [0.15, 0.2) is 0 Å². The minimum absolute atomic E-state index is 0.120. The van der Waals surface area contributed by atoms with E-state index in [9.17, 15) is 4.79 Å². The van der Waals surface area contributed by atoms with Crippen LogP contribution in [0.1, 0.15) is 23.5 Å². The van der Waals surface area contributed by atoms with Gasteiger partial charge >= 0.3 is 0 Å². The largest absolute Gasteiger partial charge is 0.349 e. The summed E-state index contributed by atoms with van der Waals surface area (Å²) in [6.45, 7) is 2.55. The quantitative estimate of drug-likeness (QED) is 0.836. The van der Waals surface area contributed by atoms with Crippen molar-refractivity contribution in [2.45, 2.75) is 19.3 Å². The van der Waals surface area contributed by atoms with Crippen LogP contribution in [0.3, 0.4) is 0 Å². The van der Waals surface area contributed by atoms with Crippen LogP contribution in [0.25, 0.3) is 0 Å². The molecule has 0 saturated carbocycles. The molecule has 1 aromatic carbocycles. The van der Waals surface area contributed by atoms with Crippen LogP contribution < -0.4 is 5.73 Å². The molecule has 0 aliphatic heterocycles. The molecule has 1 unspecified atom stereocenters. The number of nitrogens with zero attached hydrogens (tertiary/aromatic N) is 1. The Morgan fingerprint density at radius 1 is 1.44 bits per heavy atom. The van der Waals surface area contributed by atoms with Gasteiger partial charge in [-0.3, -0.25) is 4.79 Å². The highest BCUT2D eigenvalue weighted by Gasteiger charge is 2.15. The topological polar surface area (TPSA) is 46.3 Å². The molecule has 1 rings (SSSR count). The van der Waals surface area contributed by atoms with E-state index in [1.807, 2.05) is 25.1 Å². The second-order valence-corrected chi connectivity index (χ2v) is 4.34. The molecular formula is C13H20N2O. The highest BCUT2D eigenvalue weighted by molar-refractivity contribution is 5.76. The molecule has 2 N–H and O–H groups in total. The van der Waals surface area contributed by atoms with E-state index < -0.39 is 0 Å². The minimum atomic E-state index is 0.120. The molecule has 0 heterocycles. The zero-order valence-electron chi connectivity index (χ0n) is 10.2. The molecule has 0 saturated heterocycles. The molecule has 3 heteroatoms. The predicted octanol–water partition coefficient (Wildman–Crippen LogP) is 1.52. The molecule has 88 valence electrons. The van der Waals surface area contributed by atoms with Gasteiger partial charge < -0.3 is 10.6 Å². The smallest absolute Gasteiger partial charge is 0.222 e. The zero-order chi connectivity index (χ0) is 12.1. The molecule has 1 amide bonds. The Hall–Kier alpha value is -1.35. The lowest BCUT2D eigenvalue weighted by molar-refractivity contribution is -0.129. The van der Waals surface area contributed by atoms with Crippen molar-refractivity contribution in [3.8, 4) is 0 Å². The van der Waals surface area contributed by atoms with Crippen molar-refractivity contribution in [1.29, 1.82) is 0 Å². The second kappa shape index (κ2) is 5.66. The maximum atomic E-state index is 11.6. The normalized spacial score (nSPS) is 12.2. The number of hydrogen-bond acceptors (Lipinski definition) is 2. The van der Waals surface area contributed by atoms with Crippen LogP contribution in [0, 0.1) is 6.92 Å². The lowest BCUT2D eigenvalue weighted by Crippen LogP contribution is -2.26. The van der Waals surface area contributed by atoms with Crippen LogP contribution in [0.4, 0.5) is 0 Å². The van der Waals surface area contributed by atoms with Gasteiger partial charge in [-0.05, 0) is 19.0 Å². The summed E-state index contributed by atoms with van der Waals surface area (Å²) in [4.78, 5) is 13.3. The monoisotopic (exact) mass is 220 g/mol. The predicted molar refractivity (Wildman–Crippen MR) is 66.3 cm³/mol. The second-order valence-electron chi connectivity index (χ2n) is 4.34. The number of aryl methyl sites for hydroxylation is 1. The highest BCUT2D eigenvalue weighted by Crippen LogP contribution is 2.20. The van der Waals surface area contributed by atoms with E-state index >= 15 is 0 Å². The Balaban J connectivity index is 2.78. The first-order chi connectivity index (χ1) is 7.54. The summed E-state index contributed by atoms with van der Waals surface area (Å²) >= 11 is 0. The molecule has 0 radical (unpaired) electrons. The summed E-state index contributed by atoms with van der Waals surface area (Å²) in [5.74, 6) is 0.242. The maximum Gasteiger partial charge on any atom is 0.222 e. The van der Waals surface area contributed by atoms with Gasteiger partial charge in [0.1, 0.15) is 0 Å². The van der Waals surface area contributed by atoms with Gasteiger partial charge in [-0.25, -0.2) is 0 Å². The maximum absolute atomic E-state index is 11.6. The highest BCUT2D eigenvalue weighted by atomic mass is 16.2. The standard InChI is InChI=1S/C13H20N2O/c1-10-5-4-6-11(7-10)12(9-14)8-13(16)15(2)3/h4-7,12H,8-9,14H2,1-3H3. The molecule has 0 fully saturated rings. The van der Waals surface area contributed by atoms with E-state index in [0.717, 1.165) is 5.56 Å². The molecule has 1 aromatic rings. The summed E-state index contributed by atoms with van der Waals surface area (Å²) in [6, 6.07) is 8.19. The third-order valence-corrected chi connectivity index (χ3v) is 2.72. The van der Waals surface area contributed by atoms with Gasteiger partial charge in [-0.1, -0.05) is 29.8 Å². The van der Waals surface area contributed by atoms with E-state index in [1.54, 1.807) is 19.0 Å². The molecule has 0 bridgehead atoms. The Morgan fingerprint density at radius 2 is 2.12 bits per heavy atom. The van der Waals surface area contributed by atoms with Crippen LogP contribution in [-0.4, -0.2) is 31.4 Å². The van der Waals surface area contributed by atoms with Gasteiger partial charge in [0.05, 0.1) is 0 Å². The van der Waals surface area contributed by atoms with E-state index in [-0.39, 0.29) is 11.8 Å². The van der Waals surface area contributed by atoms with Crippen LogP contribution in [0.2, 0.25) is 0 Å². The number of nitrogens with two attached hydrogens (primary N) is 1. The summed E-state index contributed by atoms with van der Waals surface area (Å²) in [5, 5.41) is 0. The van der Waals surface area contributed by atoms with Crippen molar-refractivity contribution in [2.75, 3.05) is 20.6 Å². The average molecular weight is 220 g/mol. The lowest BCUT2D eigenvalue weighted by atomic mass is 9.94. The molecule has 0 aliphatic carbocycles. The van der Waals surface area contributed by atoms with Crippen LogP contribution in [-0.2, 0) is 4.79 Å². The van der Waals surface area contributed by atoms with Gasteiger partial charge in [-0.2, -0.15) is 0 Å². The molecule has 0 spiro atoms. The average Bonchev–Trinajstić information content (AvgIpc) is 2.25. The number of benzene rings is 1. The summed E-state index contributed by atoms with van der Waals surface area (Å²) in [7, 11) is 3.54. The fourth-order valence-corrected chi connectivity index (χ4v) is 1.65. The van der Waals surface area contributed by atoms with Crippen molar-refractivity contribution in [3.05, 3.63) is 35.4 Å². The van der Waals surface area contributed by atoms with Crippen molar-refractivity contribution in [3.63, 3.8) is 0 Å². The van der Waals surface area contributed by atoms with Gasteiger partial charge in [0.2, 0.25) is 5.91 Å². The molecule has 16 heavy (non-hydrogen) atoms. The molecule has 0 aromatic heterocycles. The summed E-state index contributed by atoms with van der Waals surface area (Å²) < 4.78 is 0. The SMILES string of the molecule is Cc1cccc(C(CN)CC(=O)N(C)C)c1. The Bertz CT molecular complexity index is 361. The van der Waals surface area contributed by atoms with Crippen molar-refractivity contribution in [2.24, 2.45) is 5.73 Å². The van der Waals surface area contributed by atoms with Crippen molar-refractivity contribution >= 4 is 5.91 Å². The third kappa shape index (κ3) is 3.35. The zero-order valence-corrected chi connectivity index (χ0v) is 10.2. The van der Waals surface area contributed by atoms with E-state index in [4.69, 9.17) is 5.73 Å². The number of carbonyl (C=O) groups excluding carboxylic acids is 1. The Morgan fingerprint density at radius 3 is 2.62 bits per heavy atom. The Kier molecular flexibility index (Phi) is 4.50. The van der Waals surface area contributed by atoms with E-state index in [0.29, 0.717) is 13.0 Å². The molecule has 0 aliphatic rings. The first-order valence-corrected chi connectivity index (χ1v) is 5.51. The Labute approximate surface area is 97.2 Å². The first kappa shape index (κ1) is 12.7. The van der Waals surface area contributed by atoms with E-state index in [1.165, 1.54) is 5.56 Å². The van der Waals surface area contributed by atoms with Crippen molar-refractivity contribution < 1.29 is 4.79 Å². The fourth-order valence-electron chi connectivity index (χ4n) is 1.65.